The zero-order valence-corrected chi connectivity index (χ0v) is 15.0. The number of carbonyl (C=O) groups excluding carboxylic acids is 1. The molecule has 0 bridgehead atoms. The number of hydrogen-bond acceptors (Lipinski definition) is 3. The fourth-order valence-electron chi connectivity index (χ4n) is 3.21. The van der Waals surface area contributed by atoms with E-state index in [0.717, 1.165) is 54.7 Å². The number of benzene rings is 1. The first-order valence-electron chi connectivity index (χ1n) is 8.56. The second-order valence-corrected chi connectivity index (χ2v) is 6.64. The summed E-state index contributed by atoms with van der Waals surface area (Å²) in [5.41, 5.74) is 2.23. The molecule has 1 amide bonds. The number of amides is 1. The van der Waals surface area contributed by atoms with Gasteiger partial charge in [0.25, 0.3) is 5.91 Å². The van der Waals surface area contributed by atoms with Gasteiger partial charge in [0.15, 0.2) is 0 Å². The summed E-state index contributed by atoms with van der Waals surface area (Å²) in [6.45, 7) is 8.21. The number of nitrogens with one attached hydrogen (secondary N) is 1. The molecule has 1 aliphatic carbocycles. The molecule has 0 radical (unpaired) electrons. The second kappa shape index (κ2) is 7.35. The van der Waals surface area contributed by atoms with Crippen LogP contribution in [-0.4, -0.2) is 24.7 Å². The van der Waals surface area contributed by atoms with Crippen LogP contribution in [0.1, 0.15) is 57.1 Å². The van der Waals surface area contributed by atoms with E-state index in [-0.39, 0.29) is 12.0 Å². The van der Waals surface area contributed by atoms with E-state index in [9.17, 15) is 4.79 Å². The Hall–Kier alpha value is -1.55. The number of ether oxygens (including phenoxy) is 2. The summed E-state index contributed by atoms with van der Waals surface area (Å²) >= 11 is 0. The van der Waals surface area contributed by atoms with Gasteiger partial charge in [-0.25, -0.2) is 0 Å². The fraction of sp³-hybridized carbons (Fsp3) is 0.632. The summed E-state index contributed by atoms with van der Waals surface area (Å²) in [6.07, 6.45) is 4.82. The zero-order valence-electron chi connectivity index (χ0n) is 15.0. The molecule has 2 rings (SSSR count). The van der Waals surface area contributed by atoms with Crippen LogP contribution in [0.5, 0.6) is 5.75 Å². The van der Waals surface area contributed by atoms with Gasteiger partial charge in [-0.15, -0.1) is 0 Å². The Kier molecular flexibility index (Phi) is 5.69. The molecule has 0 unspecified atom stereocenters. The molecule has 1 aromatic rings. The molecule has 1 atom stereocenters. The van der Waals surface area contributed by atoms with Crippen LogP contribution in [0.15, 0.2) is 12.1 Å². The normalized spacial score (nSPS) is 17.8. The van der Waals surface area contributed by atoms with E-state index in [4.69, 9.17) is 9.47 Å². The van der Waals surface area contributed by atoms with Gasteiger partial charge in [0, 0.05) is 12.8 Å². The van der Waals surface area contributed by atoms with Crippen LogP contribution in [0.25, 0.3) is 0 Å². The summed E-state index contributed by atoms with van der Waals surface area (Å²) in [5, 5.41) is 3.03. The van der Waals surface area contributed by atoms with E-state index in [2.05, 4.69) is 19.2 Å². The largest absolute Gasteiger partial charge is 0.490 e. The van der Waals surface area contributed by atoms with Gasteiger partial charge in [0.1, 0.15) is 11.4 Å². The molecule has 1 aliphatic rings. The van der Waals surface area contributed by atoms with Crippen LogP contribution in [0.4, 0.5) is 5.69 Å². The third kappa shape index (κ3) is 3.86. The molecule has 1 aromatic carbocycles. The van der Waals surface area contributed by atoms with E-state index in [1.807, 2.05) is 26.0 Å². The van der Waals surface area contributed by atoms with Gasteiger partial charge in [-0.2, -0.15) is 0 Å². The molecule has 1 saturated carbocycles. The molecule has 0 spiro atoms. The minimum absolute atomic E-state index is 0.0353. The lowest BCUT2D eigenvalue weighted by Gasteiger charge is -2.26. The SMILES string of the molecule is CC[C@H](C)Oc1c(C)cc(NC(=O)C2(OC)CCCC2)cc1C. The number of hydrogen-bond donors (Lipinski definition) is 1. The lowest BCUT2D eigenvalue weighted by molar-refractivity contribution is -0.136. The molecule has 0 aromatic heterocycles. The molecule has 0 aliphatic heterocycles. The highest BCUT2D eigenvalue weighted by molar-refractivity contribution is 5.97. The quantitative estimate of drug-likeness (QED) is 0.846. The number of methoxy groups -OCH3 is 1. The highest BCUT2D eigenvalue weighted by Crippen LogP contribution is 2.35. The summed E-state index contributed by atoms with van der Waals surface area (Å²) in [6, 6.07) is 3.95. The van der Waals surface area contributed by atoms with Gasteiger partial charge in [-0.05, 0) is 76.1 Å². The lowest BCUT2D eigenvalue weighted by atomic mass is 10.0. The molecule has 23 heavy (non-hydrogen) atoms. The van der Waals surface area contributed by atoms with E-state index in [1.165, 1.54) is 0 Å². The Labute approximate surface area is 139 Å². The Balaban J connectivity index is 2.16. The topological polar surface area (TPSA) is 47.6 Å². The number of carbonyl (C=O) groups is 1. The number of rotatable bonds is 6. The highest BCUT2D eigenvalue weighted by atomic mass is 16.5. The van der Waals surface area contributed by atoms with Crippen LogP contribution in [0.2, 0.25) is 0 Å². The van der Waals surface area contributed by atoms with Crippen molar-refractivity contribution in [3.05, 3.63) is 23.3 Å². The molecule has 4 nitrogen and oxygen atoms in total. The Bertz CT molecular complexity index is 539. The molecule has 1 N–H and O–H groups in total. The predicted octanol–water partition coefficient (Wildman–Crippen LogP) is 4.38. The summed E-state index contributed by atoms with van der Waals surface area (Å²) in [4.78, 5) is 12.6. The standard InChI is InChI=1S/C19H29NO3/c1-6-15(4)23-17-13(2)11-16(12-14(17)3)20-18(21)19(22-5)9-7-8-10-19/h11-12,15H,6-10H2,1-5H3,(H,20,21)/t15-/m0/s1. The van der Waals surface area contributed by atoms with Crippen molar-refractivity contribution in [3.63, 3.8) is 0 Å². The van der Waals surface area contributed by atoms with Gasteiger partial charge in [-0.1, -0.05) is 6.92 Å². The molecule has 1 fully saturated rings. The molecule has 0 heterocycles. The zero-order chi connectivity index (χ0) is 17.0. The summed E-state index contributed by atoms with van der Waals surface area (Å²) < 4.78 is 11.5. The smallest absolute Gasteiger partial charge is 0.256 e. The first-order valence-corrected chi connectivity index (χ1v) is 8.56. The fourth-order valence-corrected chi connectivity index (χ4v) is 3.21. The van der Waals surface area contributed by atoms with Crippen molar-refractivity contribution in [1.29, 1.82) is 0 Å². The molecular weight excluding hydrogens is 290 g/mol. The van der Waals surface area contributed by atoms with Crippen LogP contribution in [0, 0.1) is 13.8 Å². The minimum Gasteiger partial charge on any atom is -0.490 e. The average Bonchev–Trinajstić information content (AvgIpc) is 3.01. The van der Waals surface area contributed by atoms with Crippen LogP contribution < -0.4 is 10.1 Å². The van der Waals surface area contributed by atoms with Gasteiger partial charge >= 0.3 is 0 Å². The van der Waals surface area contributed by atoms with Gasteiger partial charge in [0.05, 0.1) is 6.10 Å². The predicted molar refractivity (Wildman–Crippen MR) is 93.1 cm³/mol. The molecule has 128 valence electrons. The lowest BCUT2D eigenvalue weighted by Crippen LogP contribution is -2.42. The van der Waals surface area contributed by atoms with E-state index in [0.29, 0.717) is 0 Å². The average molecular weight is 319 g/mol. The van der Waals surface area contributed by atoms with Crippen molar-refractivity contribution in [2.24, 2.45) is 0 Å². The monoisotopic (exact) mass is 319 g/mol. The van der Waals surface area contributed by atoms with Crippen LogP contribution in [-0.2, 0) is 9.53 Å². The Morgan fingerprint density at radius 3 is 2.30 bits per heavy atom. The number of aryl methyl sites for hydroxylation is 2. The Morgan fingerprint density at radius 1 is 1.26 bits per heavy atom. The van der Waals surface area contributed by atoms with Crippen molar-refractivity contribution in [3.8, 4) is 5.75 Å². The Morgan fingerprint density at radius 2 is 1.83 bits per heavy atom. The molecular formula is C19H29NO3. The summed E-state index contributed by atoms with van der Waals surface area (Å²) in [5.74, 6) is 0.881. The third-order valence-corrected chi connectivity index (χ3v) is 4.83. The van der Waals surface area contributed by atoms with Gasteiger partial charge in [0.2, 0.25) is 0 Å². The third-order valence-electron chi connectivity index (χ3n) is 4.83. The first kappa shape index (κ1) is 17.8. The molecule has 0 saturated heterocycles. The van der Waals surface area contributed by atoms with E-state index in [1.54, 1.807) is 7.11 Å². The number of anilines is 1. The molecule has 4 heteroatoms. The van der Waals surface area contributed by atoms with Crippen LogP contribution in [0.3, 0.4) is 0 Å². The van der Waals surface area contributed by atoms with Gasteiger partial charge < -0.3 is 14.8 Å². The van der Waals surface area contributed by atoms with Crippen molar-refractivity contribution >= 4 is 11.6 Å². The maximum absolute atomic E-state index is 12.6. The first-order chi connectivity index (χ1) is 10.9. The van der Waals surface area contributed by atoms with Crippen LogP contribution >= 0.6 is 0 Å². The van der Waals surface area contributed by atoms with Crippen molar-refractivity contribution in [2.45, 2.75) is 71.5 Å². The van der Waals surface area contributed by atoms with E-state index < -0.39 is 5.60 Å². The van der Waals surface area contributed by atoms with Gasteiger partial charge in [-0.3, -0.25) is 4.79 Å². The maximum Gasteiger partial charge on any atom is 0.256 e. The van der Waals surface area contributed by atoms with Crippen molar-refractivity contribution in [1.82, 2.24) is 0 Å². The minimum atomic E-state index is -0.659. The van der Waals surface area contributed by atoms with Crippen molar-refractivity contribution < 1.29 is 14.3 Å². The second-order valence-electron chi connectivity index (χ2n) is 6.64. The maximum atomic E-state index is 12.6. The van der Waals surface area contributed by atoms with Crippen molar-refractivity contribution in [2.75, 3.05) is 12.4 Å². The highest BCUT2D eigenvalue weighted by Gasteiger charge is 2.41. The summed E-state index contributed by atoms with van der Waals surface area (Å²) in [7, 11) is 1.63. The van der Waals surface area contributed by atoms with E-state index >= 15 is 0 Å².